The minimum Gasteiger partial charge on any atom is -0.497 e. The first-order valence-corrected chi connectivity index (χ1v) is 8.93. The molecule has 0 radical (unpaired) electrons. The van der Waals surface area contributed by atoms with Gasteiger partial charge in [-0.15, -0.1) is 0 Å². The number of piperazine rings is 1. The van der Waals surface area contributed by atoms with Crippen LogP contribution in [0, 0.1) is 5.82 Å². The van der Waals surface area contributed by atoms with Crippen LogP contribution in [0.3, 0.4) is 0 Å². The molecule has 0 spiro atoms. The Hall–Kier alpha value is -2.40. The zero-order valence-electron chi connectivity index (χ0n) is 15.5. The molecule has 1 aliphatic rings. The van der Waals surface area contributed by atoms with Gasteiger partial charge in [0.2, 0.25) is 0 Å². The van der Waals surface area contributed by atoms with Crippen molar-refractivity contribution in [2.24, 2.45) is 0 Å². The number of ether oxygens (including phenoxy) is 1. The topological polar surface area (TPSA) is 32.8 Å². The molecule has 1 aliphatic heterocycles. The third-order valence-electron chi connectivity index (χ3n) is 5.12. The second kappa shape index (κ2) is 7.87. The van der Waals surface area contributed by atoms with Crippen molar-refractivity contribution in [2.75, 3.05) is 38.2 Å². The lowest BCUT2D eigenvalue weighted by Gasteiger charge is -2.39. The summed E-state index contributed by atoms with van der Waals surface area (Å²) in [5.74, 6) is 0.186. The zero-order chi connectivity index (χ0) is 18.7. The molecule has 2 aromatic rings. The van der Waals surface area contributed by atoms with Crippen molar-refractivity contribution in [1.29, 1.82) is 0 Å². The van der Waals surface area contributed by atoms with Crippen LogP contribution in [0.5, 0.6) is 5.75 Å². The summed E-state index contributed by atoms with van der Waals surface area (Å²) >= 11 is 0. The summed E-state index contributed by atoms with van der Waals surface area (Å²) < 4.78 is 19.4. The van der Waals surface area contributed by atoms with Crippen molar-refractivity contribution in [3.05, 3.63) is 59.4 Å². The van der Waals surface area contributed by atoms with E-state index in [0.717, 1.165) is 31.9 Å². The van der Waals surface area contributed by atoms with E-state index in [1.54, 1.807) is 13.2 Å². The van der Waals surface area contributed by atoms with Crippen LogP contribution in [0.2, 0.25) is 0 Å². The number of hydrogen-bond acceptors (Lipinski definition) is 4. The summed E-state index contributed by atoms with van der Waals surface area (Å²) in [7, 11) is 1.67. The van der Waals surface area contributed by atoms with E-state index in [2.05, 4.69) is 28.9 Å². The van der Waals surface area contributed by atoms with Crippen LogP contribution in [-0.4, -0.2) is 44.0 Å². The van der Waals surface area contributed by atoms with E-state index in [1.165, 1.54) is 18.6 Å². The third kappa shape index (κ3) is 3.73. The van der Waals surface area contributed by atoms with Gasteiger partial charge in [0, 0.05) is 32.2 Å². The molecule has 1 atom stereocenters. The highest BCUT2D eigenvalue weighted by molar-refractivity contribution is 6.00. The van der Waals surface area contributed by atoms with Crippen molar-refractivity contribution >= 4 is 11.5 Å². The van der Waals surface area contributed by atoms with E-state index in [-0.39, 0.29) is 17.4 Å². The van der Waals surface area contributed by atoms with Crippen LogP contribution in [0.1, 0.15) is 35.8 Å². The molecule has 3 rings (SSSR count). The van der Waals surface area contributed by atoms with Gasteiger partial charge in [0.05, 0.1) is 18.4 Å². The lowest BCUT2D eigenvalue weighted by molar-refractivity contribution is 0.101. The maximum Gasteiger partial charge on any atom is 0.164 e. The largest absolute Gasteiger partial charge is 0.497 e. The smallest absolute Gasteiger partial charge is 0.164 e. The van der Waals surface area contributed by atoms with E-state index in [9.17, 15) is 9.18 Å². The van der Waals surface area contributed by atoms with Gasteiger partial charge in [0.1, 0.15) is 11.6 Å². The number of halogens is 1. The maximum atomic E-state index is 14.1. The molecule has 0 amide bonds. The van der Waals surface area contributed by atoms with Crippen LogP contribution in [0.4, 0.5) is 10.1 Å². The summed E-state index contributed by atoms with van der Waals surface area (Å²) in [4.78, 5) is 16.4. The molecule has 0 aliphatic carbocycles. The van der Waals surface area contributed by atoms with E-state index in [1.807, 2.05) is 18.2 Å². The van der Waals surface area contributed by atoms with Gasteiger partial charge in [-0.1, -0.05) is 18.2 Å². The summed E-state index contributed by atoms with van der Waals surface area (Å²) in [6.45, 7) is 6.84. The number of rotatable bonds is 5. The molecule has 0 bridgehead atoms. The first kappa shape index (κ1) is 18.4. The second-order valence-electron chi connectivity index (χ2n) is 6.67. The van der Waals surface area contributed by atoms with Gasteiger partial charge < -0.3 is 9.64 Å². The van der Waals surface area contributed by atoms with Crippen LogP contribution in [0.15, 0.2) is 42.5 Å². The van der Waals surface area contributed by atoms with E-state index in [4.69, 9.17) is 4.74 Å². The molecule has 4 nitrogen and oxygen atoms in total. The minimum absolute atomic E-state index is 0.196. The van der Waals surface area contributed by atoms with Crippen LogP contribution >= 0.6 is 0 Å². The monoisotopic (exact) mass is 356 g/mol. The Morgan fingerprint density at radius 2 is 1.81 bits per heavy atom. The quantitative estimate of drug-likeness (QED) is 0.760. The number of ketones is 1. The van der Waals surface area contributed by atoms with Crippen LogP contribution in [0.25, 0.3) is 0 Å². The van der Waals surface area contributed by atoms with Gasteiger partial charge in [0.25, 0.3) is 0 Å². The number of benzene rings is 2. The predicted molar refractivity (Wildman–Crippen MR) is 102 cm³/mol. The van der Waals surface area contributed by atoms with E-state index >= 15 is 0 Å². The number of hydrogen-bond donors (Lipinski definition) is 0. The summed E-state index contributed by atoms with van der Waals surface area (Å²) in [6, 6.07) is 13.3. The van der Waals surface area contributed by atoms with Crippen LogP contribution in [-0.2, 0) is 0 Å². The molecule has 1 heterocycles. The number of carbonyl (C=O) groups is 1. The number of methoxy groups -OCH3 is 1. The van der Waals surface area contributed by atoms with E-state index in [0.29, 0.717) is 5.69 Å². The zero-order valence-corrected chi connectivity index (χ0v) is 15.5. The third-order valence-corrected chi connectivity index (χ3v) is 5.12. The molecule has 1 fully saturated rings. The van der Waals surface area contributed by atoms with Gasteiger partial charge in [-0.3, -0.25) is 9.69 Å². The van der Waals surface area contributed by atoms with Crippen molar-refractivity contribution in [3.8, 4) is 5.75 Å². The second-order valence-corrected chi connectivity index (χ2v) is 6.67. The fourth-order valence-corrected chi connectivity index (χ4v) is 3.59. The number of anilines is 1. The van der Waals surface area contributed by atoms with Crippen molar-refractivity contribution < 1.29 is 13.9 Å². The minimum atomic E-state index is -0.442. The molecule has 1 saturated heterocycles. The number of nitrogens with zero attached hydrogens (tertiary/aromatic N) is 2. The van der Waals surface area contributed by atoms with Gasteiger partial charge in [-0.25, -0.2) is 4.39 Å². The molecule has 5 heteroatoms. The SMILES string of the molecule is COc1cccc(C(C)N2CCN(c3cccc(F)c3C(C)=O)CC2)c1. The average Bonchev–Trinajstić information content (AvgIpc) is 2.67. The van der Waals surface area contributed by atoms with Gasteiger partial charge >= 0.3 is 0 Å². The predicted octanol–water partition coefficient (Wildman–Crippen LogP) is 3.92. The Bertz CT molecular complexity index is 785. The standard InChI is InChI=1S/C21H25FN2O2/c1-15(17-6-4-7-18(14-17)26-3)23-10-12-24(13-11-23)20-9-5-8-19(22)21(20)16(2)25/h4-9,14-15H,10-13H2,1-3H3. The Balaban J connectivity index is 1.71. The molecule has 0 saturated carbocycles. The molecule has 26 heavy (non-hydrogen) atoms. The molecular formula is C21H25FN2O2. The molecular weight excluding hydrogens is 331 g/mol. The Kier molecular flexibility index (Phi) is 5.57. The van der Waals surface area contributed by atoms with Crippen molar-refractivity contribution in [1.82, 2.24) is 4.90 Å². The highest BCUT2D eigenvalue weighted by Crippen LogP contribution is 2.28. The molecule has 2 aromatic carbocycles. The Labute approximate surface area is 154 Å². The maximum absolute atomic E-state index is 14.1. The normalized spacial score (nSPS) is 16.4. The highest BCUT2D eigenvalue weighted by atomic mass is 19.1. The lowest BCUT2D eigenvalue weighted by atomic mass is 10.0. The first-order chi connectivity index (χ1) is 12.5. The Morgan fingerprint density at radius 1 is 1.12 bits per heavy atom. The van der Waals surface area contributed by atoms with E-state index < -0.39 is 5.82 Å². The first-order valence-electron chi connectivity index (χ1n) is 8.93. The van der Waals surface area contributed by atoms with Crippen LogP contribution < -0.4 is 9.64 Å². The summed E-state index contributed by atoms with van der Waals surface area (Å²) in [5.41, 5.74) is 2.11. The van der Waals surface area contributed by atoms with Gasteiger partial charge in [-0.05, 0) is 43.7 Å². The highest BCUT2D eigenvalue weighted by Gasteiger charge is 2.25. The summed E-state index contributed by atoms with van der Waals surface area (Å²) in [5, 5.41) is 0. The van der Waals surface area contributed by atoms with Gasteiger partial charge in [0.15, 0.2) is 5.78 Å². The van der Waals surface area contributed by atoms with Crippen molar-refractivity contribution in [3.63, 3.8) is 0 Å². The number of carbonyl (C=O) groups excluding carboxylic acids is 1. The average molecular weight is 356 g/mol. The molecule has 1 unspecified atom stereocenters. The lowest BCUT2D eigenvalue weighted by Crippen LogP contribution is -2.47. The van der Waals surface area contributed by atoms with Crippen molar-refractivity contribution in [2.45, 2.75) is 19.9 Å². The molecule has 138 valence electrons. The fourth-order valence-electron chi connectivity index (χ4n) is 3.59. The summed E-state index contributed by atoms with van der Waals surface area (Å²) in [6.07, 6.45) is 0. The van der Waals surface area contributed by atoms with Gasteiger partial charge in [-0.2, -0.15) is 0 Å². The molecule has 0 N–H and O–H groups in total. The number of Topliss-reactive ketones (excluding diaryl/α,β-unsaturated/α-hetero) is 1. The fraction of sp³-hybridized carbons (Fsp3) is 0.381. The molecule has 0 aromatic heterocycles. The Morgan fingerprint density at radius 3 is 2.46 bits per heavy atom.